The summed E-state index contributed by atoms with van der Waals surface area (Å²) in [6.07, 6.45) is 0. The van der Waals surface area contributed by atoms with Gasteiger partial charge in [0.15, 0.2) is 11.6 Å². The van der Waals surface area contributed by atoms with Crippen LogP contribution in [0.4, 0.5) is 8.78 Å². The van der Waals surface area contributed by atoms with Crippen LogP contribution in [0, 0.1) is 11.6 Å². The third-order valence-electron chi connectivity index (χ3n) is 2.99. The summed E-state index contributed by atoms with van der Waals surface area (Å²) in [7, 11) is 0. The first-order valence-corrected chi connectivity index (χ1v) is 7.44. The van der Waals surface area contributed by atoms with Crippen LogP contribution < -0.4 is 0 Å². The molecule has 0 spiro atoms. The fourth-order valence-corrected chi connectivity index (χ4v) is 2.79. The van der Waals surface area contributed by atoms with Gasteiger partial charge < -0.3 is 4.42 Å². The summed E-state index contributed by atoms with van der Waals surface area (Å²) in [5.41, 5.74) is -0.184. The van der Waals surface area contributed by atoms with E-state index in [9.17, 15) is 13.6 Å². The Labute approximate surface area is 135 Å². The van der Waals surface area contributed by atoms with E-state index in [0.29, 0.717) is 15.4 Å². The van der Waals surface area contributed by atoms with Crippen molar-refractivity contribution in [2.45, 2.75) is 0 Å². The number of halogens is 4. The van der Waals surface area contributed by atoms with E-state index in [2.05, 4.69) is 31.9 Å². The highest BCUT2D eigenvalue weighted by molar-refractivity contribution is 9.11. The SMILES string of the molecule is O=C(c1cc2cccc(Br)c2o1)c1c(F)ccc(Br)c1F. The molecule has 0 unspecified atom stereocenters. The summed E-state index contributed by atoms with van der Waals surface area (Å²) in [4.78, 5) is 12.3. The van der Waals surface area contributed by atoms with E-state index in [1.165, 1.54) is 12.1 Å². The van der Waals surface area contributed by atoms with Crippen molar-refractivity contribution in [3.63, 3.8) is 0 Å². The number of ketones is 1. The summed E-state index contributed by atoms with van der Waals surface area (Å²) in [5.74, 6) is -2.83. The maximum absolute atomic E-state index is 14.0. The summed E-state index contributed by atoms with van der Waals surface area (Å²) in [6.45, 7) is 0. The molecule has 0 N–H and O–H groups in total. The summed E-state index contributed by atoms with van der Waals surface area (Å²) < 4.78 is 33.8. The quantitative estimate of drug-likeness (QED) is 0.410. The molecule has 21 heavy (non-hydrogen) atoms. The predicted molar refractivity (Wildman–Crippen MR) is 81.4 cm³/mol. The van der Waals surface area contributed by atoms with Crippen LogP contribution in [0.2, 0.25) is 0 Å². The lowest BCUT2D eigenvalue weighted by Gasteiger charge is -2.03. The molecule has 2 aromatic carbocycles. The van der Waals surface area contributed by atoms with Crippen molar-refractivity contribution in [2.24, 2.45) is 0 Å². The minimum atomic E-state index is -0.945. The highest BCUT2D eigenvalue weighted by Crippen LogP contribution is 2.30. The third kappa shape index (κ3) is 2.42. The van der Waals surface area contributed by atoms with Gasteiger partial charge in [-0.15, -0.1) is 0 Å². The molecule has 106 valence electrons. The Kier molecular flexibility index (Phi) is 3.67. The minimum absolute atomic E-state index is 0.0181. The highest BCUT2D eigenvalue weighted by atomic mass is 79.9. The van der Waals surface area contributed by atoms with Gasteiger partial charge in [0, 0.05) is 5.39 Å². The van der Waals surface area contributed by atoms with Crippen LogP contribution in [0.1, 0.15) is 16.1 Å². The second-order valence-corrected chi connectivity index (χ2v) is 6.02. The molecule has 0 saturated heterocycles. The van der Waals surface area contributed by atoms with Crippen molar-refractivity contribution in [3.8, 4) is 0 Å². The smallest absolute Gasteiger partial charge is 0.234 e. The van der Waals surface area contributed by atoms with E-state index in [0.717, 1.165) is 6.07 Å². The lowest BCUT2D eigenvalue weighted by atomic mass is 10.1. The first-order chi connectivity index (χ1) is 9.99. The number of fused-ring (bicyclic) bond motifs is 1. The Morgan fingerprint density at radius 2 is 1.81 bits per heavy atom. The average molecular weight is 416 g/mol. The lowest BCUT2D eigenvalue weighted by molar-refractivity contribution is 0.100. The van der Waals surface area contributed by atoms with E-state index < -0.39 is 23.0 Å². The van der Waals surface area contributed by atoms with Crippen LogP contribution in [-0.4, -0.2) is 5.78 Å². The second-order valence-electron chi connectivity index (χ2n) is 4.32. The van der Waals surface area contributed by atoms with Gasteiger partial charge in [-0.3, -0.25) is 4.79 Å². The lowest BCUT2D eigenvalue weighted by Crippen LogP contribution is -2.07. The van der Waals surface area contributed by atoms with E-state index in [4.69, 9.17) is 4.42 Å². The van der Waals surface area contributed by atoms with Gasteiger partial charge in [-0.05, 0) is 56.1 Å². The van der Waals surface area contributed by atoms with Gasteiger partial charge in [0.1, 0.15) is 11.4 Å². The molecule has 2 nitrogen and oxygen atoms in total. The van der Waals surface area contributed by atoms with Crippen molar-refractivity contribution in [3.05, 3.63) is 68.3 Å². The van der Waals surface area contributed by atoms with Gasteiger partial charge in [0.25, 0.3) is 0 Å². The molecule has 0 radical (unpaired) electrons. The molecule has 0 saturated carbocycles. The van der Waals surface area contributed by atoms with Gasteiger partial charge in [-0.1, -0.05) is 12.1 Å². The third-order valence-corrected chi connectivity index (χ3v) is 4.23. The molecule has 0 fully saturated rings. The first kappa shape index (κ1) is 14.4. The van der Waals surface area contributed by atoms with Crippen molar-refractivity contribution in [2.75, 3.05) is 0 Å². The molecule has 0 amide bonds. The van der Waals surface area contributed by atoms with E-state index in [-0.39, 0.29) is 10.2 Å². The predicted octanol–water partition coefficient (Wildman–Crippen LogP) is 5.47. The molecular weight excluding hydrogens is 410 g/mol. The molecule has 0 aliphatic heterocycles. The molecule has 1 aromatic heterocycles. The summed E-state index contributed by atoms with van der Waals surface area (Å²) >= 11 is 6.23. The van der Waals surface area contributed by atoms with E-state index >= 15 is 0 Å². The van der Waals surface area contributed by atoms with Gasteiger partial charge in [-0.2, -0.15) is 0 Å². The standard InChI is InChI=1S/C15H6Br2F2O2/c16-8-4-5-10(18)12(13(8)19)14(20)11-6-7-2-1-3-9(17)15(7)21-11/h1-6H. The average Bonchev–Trinajstić information content (AvgIpc) is 2.89. The van der Waals surface area contributed by atoms with Crippen molar-refractivity contribution in [1.82, 2.24) is 0 Å². The normalized spacial score (nSPS) is 11.0. The number of carbonyl (C=O) groups excluding carboxylic acids is 1. The molecule has 0 bridgehead atoms. The van der Waals surface area contributed by atoms with Crippen LogP contribution in [0.25, 0.3) is 11.0 Å². The molecule has 0 aliphatic carbocycles. The molecular formula is C15H6Br2F2O2. The fraction of sp³-hybridized carbons (Fsp3) is 0. The molecule has 3 rings (SSSR count). The van der Waals surface area contributed by atoms with Crippen LogP contribution >= 0.6 is 31.9 Å². The number of hydrogen-bond acceptors (Lipinski definition) is 2. The van der Waals surface area contributed by atoms with Crippen molar-refractivity contribution in [1.29, 1.82) is 0 Å². The second kappa shape index (κ2) is 5.35. The zero-order chi connectivity index (χ0) is 15.1. The first-order valence-electron chi connectivity index (χ1n) is 5.85. The molecule has 0 aliphatic rings. The zero-order valence-corrected chi connectivity index (χ0v) is 13.5. The number of para-hydroxylation sites is 1. The molecule has 0 atom stereocenters. The minimum Gasteiger partial charge on any atom is -0.451 e. The largest absolute Gasteiger partial charge is 0.451 e. The Bertz CT molecular complexity index is 871. The Hall–Kier alpha value is -1.53. The maximum Gasteiger partial charge on any atom is 0.234 e. The van der Waals surface area contributed by atoms with E-state index in [1.54, 1.807) is 18.2 Å². The van der Waals surface area contributed by atoms with Gasteiger partial charge >= 0.3 is 0 Å². The van der Waals surface area contributed by atoms with Crippen LogP contribution in [0.15, 0.2) is 49.8 Å². The molecule has 6 heteroatoms. The van der Waals surface area contributed by atoms with Gasteiger partial charge in [0.05, 0.1) is 14.5 Å². The van der Waals surface area contributed by atoms with Crippen LogP contribution in [0.3, 0.4) is 0 Å². The Morgan fingerprint density at radius 3 is 2.52 bits per heavy atom. The fourth-order valence-electron chi connectivity index (χ4n) is 2.00. The van der Waals surface area contributed by atoms with Gasteiger partial charge in [-0.25, -0.2) is 8.78 Å². The molecule has 3 aromatic rings. The Morgan fingerprint density at radius 1 is 1.05 bits per heavy atom. The number of furan rings is 1. The van der Waals surface area contributed by atoms with E-state index in [1.807, 2.05) is 0 Å². The Balaban J connectivity index is 2.17. The maximum atomic E-state index is 14.0. The highest BCUT2D eigenvalue weighted by Gasteiger charge is 2.24. The number of carbonyl (C=O) groups is 1. The van der Waals surface area contributed by atoms with Crippen LogP contribution in [0.5, 0.6) is 0 Å². The van der Waals surface area contributed by atoms with Crippen LogP contribution in [-0.2, 0) is 0 Å². The number of benzene rings is 2. The molecule has 1 heterocycles. The topological polar surface area (TPSA) is 30.2 Å². The summed E-state index contributed by atoms with van der Waals surface area (Å²) in [5, 5.41) is 0.670. The summed E-state index contributed by atoms with van der Waals surface area (Å²) in [6, 6.07) is 8.96. The zero-order valence-electron chi connectivity index (χ0n) is 10.3. The van der Waals surface area contributed by atoms with Gasteiger partial charge in [0.2, 0.25) is 5.78 Å². The number of hydrogen-bond donors (Lipinski definition) is 0. The number of rotatable bonds is 2. The van der Waals surface area contributed by atoms with Crippen molar-refractivity contribution >= 4 is 48.6 Å². The van der Waals surface area contributed by atoms with Crippen molar-refractivity contribution < 1.29 is 18.0 Å². The monoisotopic (exact) mass is 414 g/mol.